The van der Waals surface area contributed by atoms with Crippen molar-refractivity contribution in [3.05, 3.63) is 53.3 Å². The largest absolute Gasteiger partial charge is 0.444 e. The molecule has 0 aliphatic rings. The average molecular weight is 391 g/mol. The number of amides is 2. The molecule has 0 saturated heterocycles. The molecular weight excluding hydrogens is 368 g/mol. The van der Waals surface area contributed by atoms with Crippen LogP contribution < -0.4 is 16.4 Å². The van der Waals surface area contributed by atoms with E-state index in [0.717, 1.165) is 5.56 Å². The minimum atomic E-state index is -0.807. The van der Waals surface area contributed by atoms with Crippen molar-refractivity contribution in [2.75, 3.05) is 11.1 Å². The Morgan fingerprint density at radius 2 is 1.89 bits per heavy atom. The van der Waals surface area contributed by atoms with E-state index in [-0.39, 0.29) is 0 Å². The highest BCUT2D eigenvalue weighted by Gasteiger charge is 2.24. The van der Waals surface area contributed by atoms with E-state index < -0.39 is 23.6 Å². The number of nitrogens with two attached hydrogens (primary N) is 1. The standard InChI is InChI=1S/C19H23ClN4O3/c1-19(2,3)27-18(26)24-17(25)16(10-12-6-8-22-9-7-12)23-15-5-4-13(20)11-14(15)21/h4-9,11,16,23H,10,21H2,1-3H3,(H,24,25,26)/t16-/m0/s1. The number of carbonyl (C=O) groups excluding carboxylic acids is 2. The molecule has 7 nitrogen and oxygen atoms in total. The number of ether oxygens (including phenoxy) is 1. The summed E-state index contributed by atoms with van der Waals surface area (Å²) in [5.41, 5.74) is 7.06. The molecule has 27 heavy (non-hydrogen) atoms. The molecule has 0 aliphatic heterocycles. The number of pyridine rings is 1. The number of nitrogens with one attached hydrogen (secondary N) is 2. The molecule has 1 heterocycles. The number of nitrogens with zero attached hydrogens (tertiary/aromatic N) is 1. The average Bonchev–Trinajstić information content (AvgIpc) is 2.55. The second-order valence-electron chi connectivity index (χ2n) is 6.98. The van der Waals surface area contributed by atoms with Gasteiger partial charge in [0.2, 0.25) is 0 Å². The maximum Gasteiger partial charge on any atom is 0.414 e. The third-order valence-corrected chi connectivity index (χ3v) is 3.71. The number of hydrogen-bond donors (Lipinski definition) is 3. The van der Waals surface area contributed by atoms with Crippen LogP contribution in [0.5, 0.6) is 0 Å². The Kier molecular flexibility index (Phi) is 6.63. The monoisotopic (exact) mass is 390 g/mol. The lowest BCUT2D eigenvalue weighted by Gasteiger charge is -2.23. The van der Waals surface area contributed by atoms with Crippen LogP contribution in [0.25, 0.3) is 0 Å². The van der Waals surface area contributed by atoms with E-state index in [1.165, 1.54) is 0 Å². The van der Waals surface area contributed by atoms with Crippen LogP contribution >= 0.6 is 11.6 Å². The maximum absolute atomic E-state index is 12.7. The first-order valence-electron chi connectivity index (χ1n) is 8.38. The molecule has 2 amide bonds. The Hall–Kier alpha value is -2.80. The topological polar surface area (TPSA) is 106 Å². The van der Waals surface area contributed by atoms with Crippen molar-refractivity contribution in [3.63, 3.8) is 0 Å². The summed E-state index contributed by atoms with van der Waals surface area (Å²) in [5, 5.41) is 5.82. The SMILES string of the molecule is CC(C)(C)OC(=O)NC(=O)[C@H](Cc1ccncc1)Nc1ccc(Cl)cc1N. The van der Waals surface area contributed by atoms with E-state index in [0.29, 0.717) is 22.8 Å². The summed E-state index contributed by atoms with van der Waals surface area (Å²) in [6, 6.07) is 7.75. The van der Waals surface area contributed by atoms with Gasteiger partial charge in [-0.25, -0.2) is 4.79 Å². The molecule has 0 spiro atoms. The number of nitrogen functional groups attached to an aromatic ring is 1. The summed E-state index contributed by atoms with van der Waals surface area (Å²) in [6.07, 6.45) is 2.78. The third kappa shape index (κ3) is 6.79. The van der Waals surface area contributed by atoms with Crippen molar-refractivity contribution in [2.45, 2.75) is 38.8 Å². The van der Waals surface area contributed by atoms with Gasteiger partial charge in [-0.2, -0.15) is 0 Å². The van der Waals surface area contributed by atoms with E-state index in [1.807, 2.05) is 0 Å². The second kappa shape index (κ2) is 8.73. The lowest BCUT2D eigenvalue weighted by Crippen LogP contribution is -2.45. The zero-order chi connectivity index (χ0) is 20.0. The molecule has 144 valence electrons. The summed E-state index contributed by atoms with van der Waals surface area (Å²) in [6.45, 7) is 5.16. The van der Waals surface area contributed by atoms with Crippen LogP contribution in [0.15, 0.2) is 42.7 Å². The molecule has 2 aromatic rings. The Morgan fingerprint density at radius 3 is 2.48 bits per heavy atom. The van der Waals surface area contributed by atoms with Crippen molar-refractivity contribution >= 4 is 35.0 Å². The lowest BCUT2D eigenvalue weighted by molar-refractivity contribution is -0.121. The normalized spacial score (nSPS) is 12.1. The number of rotatable bonds is 5. The number of carbonyl (C=O) groups is 2. The van der Waals surface area contributed by atoms with Gasteiger partial charge < -0.3 is 15.8 Å². The van der Waals surface area contributed by atoms with Gasteiger partial charge in [0.15, 0.2) is 0 Å². The number of hydrogen-bond acceptors (Lipinski definition) is 6. The molecule has 0 fully saturated rings. The van der Waals surface area contributed by atoms with Gasteiger partial charge in [-0.3, -0.25) is 15.1 Å². The molecule has 1 aromatic carbocycles. The fourth-order valence-electron chi connectivity index (χ4n) is 2.31. The molecule has 0 unspecified atom stereocenters. The van der Waals surface area contributed by atoms with E-state index in [1.54, 1.807) is 63.5 Å². The van der Waals surface area contributed by atoms with Gasteiger partial charge in [0.25, 0.3) is 5.91 Å². The minimum Gasteiger partial charge on any atom is -0.444 e. The molecule has 0 radical (unpaired) electrons. The van der Waals surface area contributed by atoms with E-state index in [4.69, 9.17) is 22.1 Å². The number of anilines is 2. The predicted molar refractivity (Wildman–Crippen MR) is 106 cm³/mol. The summed E-state index contributed by atoms with van der Waals surface area (Å²) < 4.78 is 5.15. The first-order valence-corrected chi connectivity index (χ1v) is 8.76. The number of aromatic nitrogens is 1. The van der Waals surface area contributed by atoms with Crippen LogP contribution in [0.3, 0.4) is 0 Å². The van der Waals surface area contributed by atoms with Gasteiger partial charge in [-0.15, -0.1) is 0 Å². The van der Waals surface area contributed by atoms with Crippen molar-refractivity contribution in [1.29, 1.82) is 0 Å². The van der Waals surface area contributed by atoms with Crippen molar-refractivity contribution < 1.29 is 14.3 Å². The zero-order valence-electron chi connectivity index (χ0n) is 15.5. The quantitative estimate of drug-likeness (QED) is 0.675. The highest BCUT2D eigenvalue weighted by molar-refractivity contribution is 6.31. The number of benzene rings is 1. The van der Waals surface area contributed by atoms with E-state index in [2.05, 4.69) is 15.6 Å². The van der Waals surface area contributed by atoms with Crippen LogP contribution in [-0.2, 0) is 16.0 Å². The van der Waals surface area contributed by atoms with Crippen molar-refractivity contribution in [3.8, 4) is 0 Å². The first-order chi connectivity index (χ1) is 12.6. The Bertz CT molecular complexity index is 806. The highest BCUT2D eigenvalue weighted by Crippen LogP contribution is 2.24. The molecule has 0 saturated carbocycles. The van der Waals surface area contributed by atoms with Crippen LogP contribution in [-0.4, -0.2) is 28.6 Å². The fourth-order valence-corrected chi connectivity index (χ4v) is 2.49. The molecular formula is C19H23ClN4O3. The van der Waals surface area contributed by atoms with Crippen LogP contribution in [0, 0.1) is 0 Å². The van der Waals surface area contributed by atoms with E-state index >= 15 is 0 Å². The minimum absolute atomic E-state index is 0.319. The number of halogens is 1. The molecule has 2 rings (SSSR count). The number of imide groups is 1. The summed E-state index contributed by atoms with van der Waals surface area (Å²) >= 11 is 5.92. The smallest absolute Gasteiger partial charge is 0.414 e. The Balaban J connectivity index is 2.18. The van der Waals surface area contributed by atoms with Crippen LogP contribution in [0.4, 0.5) is 16.2 Å². The van der Waals surface area contributed by atoms with Crippen molar-refractivity contribution in [2.24, 2.45) is 0 Å². The molecule has 1 aromatic heterocycles. The van der Waals surface area contributed by atoms with Gasteiger partial charge in [-0.05, 0) is 56.7 Å². The summed E-state index contributed by atoms with van der Waals surface area (Å²) in [5.74, 6) is -0.532. The zero-order valence-corrected chi connectivity index (χ0v) is 16.2. The lowest BCUT2D eigenvalue weighted by atomic mass is 10.1. The Labute approximate surface area is 163 Å². The Morgan fingerprint density at radius 1 is 1.22 bits per heavy atom. The van der Waals surface area contributed by atoms with Gasteiger partial charge in [0.05, 0.1) is 11.4 Å². The molecule has 4 N–H and O–H groups in total. The number of alkyl carbamates (subject to hydrolysis) is 1. The predicted octanol–water partition coefficient (Wildman–Crippen LogP) is 3.39. The van der Waals surface area contributed by atoms with E-state index in [9.17, 15) is 9.59 Å². The highest BCUT2D eigenvalue weighted by atomic mass is 35.5. The van der Waals surface area contributed by atoms with Gasteiger partial charge >= 0.3 is 6.09 Å². The molecule has 8 heteroatoms. The first kappa shape index (κ1) is 20.5. The third-order valence-electron chi connectivity index (χ3n) is 3.47. The summed E-state index contributed by atoms with van der Waals surface area (Å²) in [7, 11) is 0. The van der Waals surface area contributed by atoms with Gasteiger partial charge in [-0.1, -0.05) is 11.6 Å². The van der Waals surface area contributed by atoms with Crippen LogP contribution in [0.1, 0.15) is 26.3 Å². The summed E-state index contributed by atoms with van der Waals surface area (Å²) in [4.78, 5) is 28.6. The molecule has 0 bridgehead atoms. The van der Waals surface area contributed by atoms with Gasteiger partial charge in [0.1, 0.15) is 11.6 Å². The second-order valence-corrected chi connectivity index (χ2v) is 7.42. The van der Waals surface area contributed by atoms with Crippen LogP contribution in [0.2, 0.25) is 5.02 Å². The fraction of sp³-hybridized carbons (Fsp3) is 0.316. The maximum atomic E-state index is 12.7. The molecule has 1 atom stereocenters. The van der Waals surface area contributed by atoms with Crippen molar-refractivity contribution in [1.82, 2.24) is 10.3 Å². The molecule has 0 aliphatic carbocycles. The van der Waals surface area contributed by atoms with Gasteiger partial charge in [0, 0.05) is 23.8 Å².